The van der Waals surface area contributed by atoms with E-state index in [4.69, 9.17) is 14.0 Å². The Labute approximate surface area is 147 Å². The van der Waals surface area contributed by atoms with E-state index in [2.05, 4.69) is 5.16 Å². The lowest BCUT2D eigenvalue weighted by Crippen LogP contribution is -2.30. The Morgan fingerprint density at radius 3 is 2.72 bits per heavy atom. The molecule has 2 aromatic rings. The van der Waals surface area contributed by atoms with Crippen molar-refractivity contribution in [1.82, 2.24) is 9.46 Å². The van der Waals surface area contributed by atoms with E-state index in [1.807, 2.05) is 13.0 Å². The molecule has 1 saturated heterocycles. The Hall–Kier alpha value is -2.06. The van der Waals surface area contributed by atoms with Crippen LogP contribution in [0.3, 0.4) is 0 Å². The smallest absolute Gasteiger partial charge is 0.247 e. The Kier molecular flexibility index (Phi) is 5.01. The van der Waals surface area contributed by atoms with Crippen LogP contribution in [0.1, 0.15) is 37.3 Å². The lowest BCUT2D eigenvalue weighted by molar-refractivity contribution is 0.295. The molecule has 0 unspecified atom stereocenters. The van der Waals surface area contributed by atoms with E-state index in [0.29, 0.717) is 30.2 Å². The number of ether oxygens (including phenoxy) is 2. The molecule has 2 heterocycles. The van der Waals surface area contributed by atoms with Crippen molar-refractivity contribution in [2.75, 3.05) is 20.8 Å². The lowest BCUT2D eigenvalue weighted by Gasteiger charge is -2.23. The number of methoxy groups -OCH3 is 2. The molecule has 0 amide bonds. The van der Waals surface area contributed by atoms with Crippen molar-refractivity contribution < 1.29 is 22.4 Å². The first-order valence-corrected chi connectivity index (χ1v) is 9.64. The molecule has 1 aromatic heterocycles. The number of aryl methyl sites for hydroxylation is 1. The molecule has 0 spiro atoms. The van der Waals surface area contributed by atoms with Crippen LogP contribution in [0.15, 0.2) is 33.7 Å². The predicted octanol–water partition coefficient (Wildman–Crippen LogP) is 2.78. The van der Waals surface area contributed by atoms with Crippen molar-refractivity contribution >= 4 is 10.0 Å². The Morgan fingerprint density at radius 2 is 2.08 bits per heavy atom. The zero-order chi connectivity index (χ0) is 18.0. The van der Waals surface area contributed by atoms with Crippen LogP contribution in [0.4, 0.5) is 0 Å². The minimum atomic E-state index is -3.77. The average Bonchev–Trinajstić information content (AvgIpc) is 3.29. The number of hydrogen-bond donors (Lipinski definition) is 0. The van der Waals surface area contributed by atoms with Crippen LogP contribution in [0.5, 0.6) is 11.5 Å². The topological polar surface area (TPSA) is 81.9 Å². The van der Waals surface area contributed by atoms with Gasteiger partial charge in [0.05, 0.1) is 26.0 Å². The number of benzene rings is 1. The van der Waals surface area contributed by atoms with Crippen molar-refractivity contribution in [1.29, 1.82) is 0 Å². The van der Waals surface area contributed by atoms with E-state index >= 15 is 0 Å². The third kappa shape index (κ3) is 3.23. The lowest BCUT2D eigenvalue weighted by atomic mass is 10.1. The molecule has 25 heavy (non-hydrogen) atoms. The minimum absolute atomic E-state index is 0.0940. The van der Waals surface area contributed by atoms with Gasteiger partial charge in [-0.2, -0.15) is 4.31 Å². The van der Waals surface area contributed by atoms with Crippen molar-refractivity contribution in [2.45, 2.75) is 37.1 Å². The maximum atomic E-state index is 13.3. The summed E-state index contributed by atoms with van der Waals surface area (Å²) in [6.45, 7) is 2.40. The van der Waals surface area contributed by atoms with Crippen LogP contribution < -0.4 is 9.47 Å². The van der Waals surface area contributed by atoms with Crippen molar-refractivity contribution in [2.24, 2.45) is 0 Å². The molecule has 1 atom stereocenters. The summed E-state index contributed by atoms with van der Waals surface area (Å²) in [4.78, 5) is 0.0940. The van der Waals surface area contributed by atoms with Crippen molar-refractivity contribution in [3.05, 3.63) is 35.7 Å². The van der Waals surface area contributed by atoms with Crippen LogP contribution in [0.25, 0.3) is 0 Å². The highest BCUT2D eigenvalue weighted by Gasteiger charge is 2.39. The summed E-state index contributed by atoms with van der Waals surface area (Å²) in [5, 5.41) is 3.99. The summed E-state index contributed by atoms with van der Waals surface area (Å²) in [6.07, 6.45) is 2.20. The first kappa shape index (κ1) is 17.8. The van der Waals surface area contributed by atoms with Gasteiger partial charge in [-0.25, -0.2) is 8.42 Å². The summed E-state index contributed by atoms with van der Waals surface area (Å²) >= 11 is 0. The van der Waals surface area contributed by atoms with E-state index in [0.717, 1.165) is 18.5 Å². The maximum absolute atomic E-state index is 13.3. The summed E-state index contributed by atoms with van der Waals surface area (Å²) in [5.74, 6) is 1.33. The van der Waals surface area contributed by atoms with Gasteiger partial charge in [0.15, 0.2) is 5.76 Å². The summed E-state index contributed by atoms with van der Waals surface area (Å²) in [6, 6.07) is 6.24. The number of rotatable bonds is 6. The third-order valence-electron chi connectivity index (χ3n) is 4.43. The molecule has 136 valence electrons. The van der Waals surface area contributed by atoms with Gasteiger partial charge in [0, 0.05) is 18.7 Å². The van der Waals surface area contributed by atoms with Crippen LogP contribution in [-0.2, 0) is 16.4 Å². The van der Waals surface area contributed by atoms with Gasteiger partial charge in [0.2, 0.25) is 10.0 Å². The number of aromatic nitrogens is 1. The first-order valence-electron chi connectivity index (χ1n) is 8.20. The number of hydrogen-bond acceptors (Lipinski definition) is 6. The number of sulfonamides is 1. The summed E-state index contributed by atoms with van der Waals surface area (Å²) in [7, 11) is -0.820. The molecule has 1 aliphatic rings. The standard InChI is InChI=1S/C17H22N2O5S/c1-4-12-10-16(24-18-12)14-6-5-9-19(14)25(20,21)17-11-13(22-2)7-8-15(17)23-3/h7-8,10-11,14H,4-6,9H2,1-3H3/t14-/m0/s1. The van der Waals surface area contributed by atoms with Gasteiger partial charge < -0.3 is 14.0 Å². The zero-order valence-corrected chi connectivity index (χ0v) is 15.4. The highest BCUT2D eigenvalue weighted by atomic mass is 32.2. The normalized spacial score (nSPS) is 18.4. The molecule has 0 radical (unpaired) electrons. The zero-order valence-electron chi connectivity index (χ0n) is 14.6. The van der Waals surface area contributed by atoms with Crippen LogP contribution in [0, 0.1) is 0 Å². The minimum Gasteiger partial charge on any atom is -0.497 e. The fourth-order valence-electron chi connectivity index (χ4n) is 3.08. The highest BCUT2D eigenvalue weighted by Crippen LogP contribution is 2.39. The Bertz CT molecular complexity index is 846. The van der Waals surface area contributed by atoms with E-state index in [1.165, 1.54) is 24.6 Å². The molecule has 0 bridgehead atoms. The molecule has 0 N–H and O–H groups in total. The monoisotopic (exact) mass is 366 g/mol. The highest BCUT2D eigenvalue weighted by molar-refractivity contribution is 7.89. The van der Waals surface area contributed by atoms with E-state index < -0.39 is 10.0 Å². The molecule has 0 saturated carbocycles. The largest absolute Gasteiger partial charge is 0.497 e. The molecule has 0 aliphatic carbocycles. The first-order chi connectivity index (χ1) is 12.0. The van der Waals surface area contributed by atoms with Crippen LogP contribution in [0.2, 0.25) is 0 Å². The van der Waals surface area contributed by atoms with Crippen molar-refractivity contribution in [3.63, 3.8) is 0 Å². The molecular formula is C17H22N2O5S. The second-order valence-corrected chi connectivity index (χ2v) is 7.72. The quantitative estimate of drug-likeness (QED) is 0.782. The van der Waals surface area contributed by atoms with Gasteiger partial charge >= 0.3 is 0 Å². The second kappa shape index (κ2) is 7.05. The van der Waals surface area contributed by atoms with E-state index in [9.17, 15) is 8.42 Å². The molecule has 1 fully saturated rings. The van der Waals surface area contributed by atoms with E-state index in [1.54, 1.807) is 12.1 Å². The fraction of sp³-hybridized carbons (Fsp3) is 0.471. The third-order valence-corrected chi connectivity index (χ3v) is 6.36. The van der Waals surface area contributed by atoms with Gasteiger partial charge in [0.25, 0.3) is 0 Å². The molecule has 1 aliphatic heterocycles. The molecule has 3 rings (SSSR count). The van der Waals surface area contributed by atoms with Gasteiger partial charge in [0.1, 0.15) is 16.4 Å². The number of nitrogens with zero attached hydrogens (tertiary/aromatic N) is 2. The van der Waals surface area contributed by atoms with Crippen molar-refractivity contribution in [3.8, 4) is 11.5 Å². The summed E-state index contributed by atoms with van der Waals surface area (Å²) in [5.41, 5.74) is 0.818. The molecular weight excluding hydrogens is 344 g/mol. The average molecular weight is 366 g/mol. The van der Waals surface area contributed by atoms with E-state index in [-0.39, 0.29) is 10.9 Å². The molecule has 7 nitrogen and oxygen atoms in total. The van der Waals surface area contributed by atoms with Gasteiger partial charge in [-0.15, -0.1) is 0 Å². The molecule has 8 heteroatoms. The predicted molar refractivity (Wildman–Crippen MR) is 91.3 cm³/mol. The van der Waals surface area contributed by atoms with Gasteiger partial charge in [-0.3, -0.25) is 0 Å². The van der Waals surface area contributed by atoms with Crippen LogP contribution >= 0.6 is 0 Å². The second-order valence-electron chi connectivity index (χ2n) is 5.86. The van der Waals surface area contributed by atoms with Gasteiger partial charge in [-0.05, 0) is 31.4 Å². The molecule has 1 aromatic carbocycles. The summed E-state index contributed by atoms with van der Waals surface area (Å²) < 4.78 is 43.8. The van der Waals surface area contributed by atoms with Gasteiger partial charge in [-0.1, -0.05) is 12.1 Å². The Morgan fingerprint density at radius 1 is 1.28 bits per heavy atom. The fourth-order valence-corrected chi connectivity index (χ4v) is 4.91. The maximum Gasteiger partial charge on any atom is 0.247 e. The SMILES string of the molecule is CCc1cc([C@@H]2CCCN2S(=O)(=O)c2cc(OC)ccc2OC)on1. The van der Waals surface area contributed by atoms with Crippen LogP contribution in [-0.4, -0.2) is 38.6 Å². The Balaban J connectivity index is 2.01.